The Bertz CT molecular complexity index is 483. The molecule has 0 aliphatic carbocycles. The molecule has 0 saturated heterocycles. The molecule has 0 saturated carbocycles. The summed E-state index contributed by atoms with van der Waals surface area (Å²) in [6.07, 6.45) is 4.74. The van der Waals surface area contributed by atoms with E-state index >= 15 is 0 Å². The molecule has 2 N–H and O–H groups in total. The van der Waals surface area contributed by atoms with Gasteiger partial charge in [0.1, 0.15) is 0 Å². The minimum atomic E-state index is 0.635. The molecule has 96 valence electrons. The second-order valence-electron chi connectivity index (χ2n) is 3.93. The lowest BCUT2D eigenvalue weighted by Gasteiger charge is -1.97. The molecule has 5 nitrogen and oxygen atoms in total. The van der Waals surface area contributed by atoms with Gasteiger partial charge in [-0.25, -0.2) is 4.98 Å². The average molecular weight is 264 g/mol. The van der Waals surface area contributed by atoms with E-state index in [4.69, 9.17) is 10.3 Å². The highest BCUT2D eigenvalue weighted by atomic mass is 32.2. The van der Waals surface area contributed by atoms with E-state index in [0.717, 1.165) is 30.1 Å². The van der Waals surface area contributed by atoms with Crippen molar-refractivity contribution in [3.05, 3.63) is 30.0 Å². The van der Waals surface area contributed by atoms with Crippen LogP contribution in [0.5, 0.6) is 0 Å². The van der Waals surface area contributed by atoms with Gasteiger partial charge in [0.2, 0.25) is 5.89 Å². The largest absolute Gasteiger partial charge is 0.397 e. The highest BCUT2D eigenvalue weighted by molar-refractivity contribution is 7.98. The first-order valence-corrected chi connectivity index (χ1v) is 6.92. The van der Waals surface area contributed by atoms with E-state index < -0.39 is 0 Å². The third kappa shape index (κ3) is 3.73. The molecule has 0 aliphatic heterocycles. The SMILES string of the molecule is CCCCc1noc(CSc2ccc(N)cn2)n1. The Hall–Kier alpha value is -1.56. The smallest absolute Gasteiger partial charge is 0.237 e. The van der Waals surface area contributed by atoms with E-state index in [9.17, 15) is 0 Å². The monoisotopic (exact) mass is 264 g/mol. The number of aryl methyl sites for hydroxylation is 1. The van der Waals surface area contributed by atoms with Crippen molar-refractivity contribution in [3.63, 3.8) is 0 Å². The lowest BCUT2D eigenvalue weighted by atomic mass is 10.2. The zero-order valence-electron chi connectivity index (χ0n) is 10.3. The molecule has 0 unspecified atom stereocenters. The molecule has 0 amide bonds. The second kappa shape index (κ2) is 6.39. The molecule has 2 rings (SSSR count). The zero-order chi connectivity index (χ0) is 12.8. The second-order valence-corrected chi connectivity index (χ2v) is 4.92. The Morgan fingerprint density at radius 1 is 1.39 bits per heavy atom. The summed E-state index contributed by atoms with van der Waals surface area (Å²) in [7, 11) is 0. The predicted molar refractivity (Wildman–Crippen MR) is 71.1 cm³/mol. The molecule has 0 bridgehead atoms. The van der Waals surface area contributed by atoms with Crippen LogP contribution in [0.4, 0.5) is 5.69 Å². The van der Waals surface area contributed by atoms with E-state index in [-0.39, 0.29) is 0 Å². The van der Waals surface area contributed by atoms with Gasteiger partial charge < -0.3 is 10.3 Å². The number of pyridine rings is 1. The van der Waals surface area contributed by atoms with Crippen LogP contribution in [0.1, 0.15) is 31.5 Å². The average Bonchev–Trinajstić information content (AvgIpc) is 2.84. The Balaban J connectivity index is 1.86. The Morgan fingerprint density at radius 2 is 2.28 bits per heavy atom. The lowest BCUT2D eigenvalue weighted by Crippen LogP contribution is -1.89. The summed E-state index contributed by atoms with van der Waals surface area (Å²) in [5.41, 5.74) is 6.24. The summed E-state index contributed by atoms with van der Waals surface area (Å²) >= 11 is 1.56. The van der Waals surface area contributed by atoms with Gasteiger partial charge in [0, 0.05) is 6.42 Å². The number of nitrogen functional groups attached to an aromatic ring is 1. The van der Waals surface area contributed by atoms with Crippen molar-refractivity contribution in [3.8, 4) is 0 Å². The van der Waals surface area contributed by atoms with Crippen molar-refractivity contribution in [2.75, 3.05) is 5.73 Å². The first kappa shape index (κ1) is 12.9. The molecule has 0 radical (unpaired) electrons. The quantitative estimate of drug-likeness (QED) is 0.808. The van der Waals surface area contributed by atoms with E-state index in [1.807, 2.05) is 12.1 Å². The van der Waals surface area contributed by atoms with Gasteiger partial charge in [-0.2, -0.15) is 4.98 Å². The maximum atomic E-state index is 5.57. The van der Waals surface area contributed by atoms with Crippen LogP contribution >= 0.6 is 11.8 Å². The van der Waals surface area contributed by atoms with Gasteiger partial charge in [-0.05, 0) is 18.6 Å². The molecule has 6 heteroatoms. The topological polar surface area (TPSA) is 77.8 Å². The van der Waals surface area contributed by atoms with Crippen molar-refractivity contribution >= 4 is 17.4 Å². The molecule has 0 fully saturated rings. The number of hydrogen-bond acceptors (Lipinski definition) is 6. The standard InChI is InChI=1S/C12H16N4OS/c1-2-3-4-10-15-11(17-16-10)8-18-12-6-5-9(13)7-14-12/h5-7H,2-4,8,13H2,1H3. The van der Waals surface area contributed by atoms with Crippen molar-refractivity contribution in [1.29, 1.82) is 0 Å². The number of nitrogens with zero attached hydrogens (tertiary/aromatic N) is 3. The molecule has 0 spiro atoms. The van der Waals surface area contributed by atoms with Crippen LogP contribution in [0, 0.1) is 0 Å². The third-order valence-electron chi connectivity index (χ3n) is 2.37. The minimum absolute atomic E-state index is 0.635. The summed E-state index contributed by atoms with van der Waals surface area (Å²) in [6, 6.07) is 3.71. The molecular formula is C12H16N4OS. The van der Waals surface area contributed by atoms with Crippen molar-refractivity contribution in [1.82, 2.24) is 15.1 Å². The fraction of sp³-hybridized carbons (Fsp3) is 0.417. The maximum Gasteiger partial charge on any atom is 0.237 e. The van der Waals surface area contributed by atoms with Gasteiger partial charge in [-0.3, -0.25) is 0 Å². The van der Waals surface area contributed by atoms with Crippen LogP contribution in [0.15, 0.2) is 27.9 Å². The van der Waals surface area contributed by atoms with E-state index in [2.05, 4.69) is 22.0 Å². The highest BCUT2D eigenvalue weighted by Crippen LogP contribution is 2.20. The Kier molecular flexibility index (Phi) is 4.58. The van der Waals surface area contributed by atoms with Crippen LogP contribution in [-0.2, 0) is 12.2 Å². The van der Waals surface area contributed by atoms with Crippen LogP contribution in [-0.4, -0.2) is 15.1 Å². The van der Waals surface area contributed by atoms with Crippen LogP contribution in [0.3, 0.4) is 0 Å². The number of nitrogens with two attached hydrogens (primary N) is 1. The number of hydrogen-bond donors (Lipinski definition) is 1. The van der Waals surface area contributed by atoms with Gasteiger partial charge in [-0.1, -0.05) is 30.3 Å². The lowest BCUT2D eigenvalue weighted by molar-refractivity contribution is 0.384. The number of aromatic nitrogens is 3. The van der Waals surface area contributed by atoms with Gasteiger partial charge in [-0.15, -0.1) is 0 Å². The van der Waals surface area contributed by atoms with E-state index in [1.54, 1.807) is 18.0 Å². The van der Waals surface area contributed by atoms with Gasteiger partial charge in [0.05, 0.1) is 22.7 Å². The maximum absolute atomic E-state index is 5.57. The summed E-state index contributed by atoms with van der Waals surface area (Å²) in [5, 5.41) is 4.84. The molecule has 0 aromatic carbocycles. The van der Waals surface area contributed by atoms with Crippen LogP contribution in [0.25, 0.3) is 0 Å². The molecule has 18 heavy (non-hydrogen) atoms. The molecular weight excluding hydrogens is 248 g/mol. The molecule has 2 heterocycles. The molecule has 2 aromatic rings. The summed E-state index contributed by atoms with van der Waals surface area (Å²) in [5.74, 6) is 2.07. The van der Waals surface area contributed by atoms with Crippen molar-refractivity contribution < 1.29 is 4.52 Å². The fourth-order valence-electron chi connectivity index (χ4n) is 1.40. The van der Waals surface area contributed by atoms with Crippen molar-refractivity contribution in [2.24, 2.45) is 0 Å². The predicted octanol–water partition coefficient (Wildman–Crippen LogP) is 2.68. The van der Waals surface area contributed by atoms with Gasteiger partial charge >= 0.3 is 0 Å². The summed E-state index contributed by atoms with van der Waals surface area (Å²) in [6.45, 7) is 2.14. The third-order valence-corrected chi connectivity index (χ3v) is 3.30. The fourth-order valence-corrected chi connectivity index (χ4v) is 2.08. The Labute approximate surface area is 110 Å². The zero-order valence-corrected chi connectivity index (χ0v) is 11.1. The Morgan fingerprint density at radius 3 is 3.00 bits per heavy atom. The first-order valence-electron chi connectivity index (χ1n) is 5.93. The normalized spacial score (nSPS) is 10.7. The number of anilines is 1. The van der Waals surface area contributed by atoms with Crippen molar-refractivity contribution in [2.45, 2.75) is 37.0 Å². The van der Waals surface area contributed by atoms with Gasteiger partial charge in [0.25, 0.3) is 0 Å². The number of thioether (sulfide) groups is 1. The summed E-state index contributed by atoms with van der Waals surface area (Å²) in [4.78, 5) is 8.53. The number of rotatable bonds is 6. The molecule has 0 atom stereocenters. The first-order chi connectivity index (χ1) is 8.78. The van der Waals surface area contributed by atoms with Gasteiger partial charge in [0.15, 0.2) is 5.82 Å². The van der Waals surface area contributed by atoms with E-state index in [0.29, 0.717) is 17.3 Å². The molecule has 2 aromatic heterocycles. The van der Waals surface area contributed by atoms with Crippen LogP contribution in [0.2, 0.25) is 0 Å². The van der Waals surface area contributed by atoms with Crippen LogP contribution < -0.4 is 5.73 Å². The number of unbranched alkanes of at least 4 members (excludes halogenated alkanes) is 1. The van der Waals surface area contributed by atoms with E-state index in [1.165, 1.54) is 0 Å². The molecule has 0 aliphatic rings. The minimum Gasteiger partial charge on any atom is -0.397 e. The summed E-state index contributed by atoms with van der Waals surface area (Å²) < 4.78 is 5.17. The highest BCUT2D eigenvalue weighted by Gasteiger charge is 2.06.